The zero-order chi connectivity index (χ0) is 22.8. The van der Waals surface area contributed by atoms with E-state index in [2.05, 4.69) is 44.4 Å². The predicted octanol–water partition coefficient (Wildman–Crippen LogP) is 3.83. The van der Waals surface area contributed by atoms with Crippen LogP contribution in [-0.4, -0.2) is 78.3 Å². The van der Waals surface area contributed by atoms with Crippen LogP contribution in [0.15, 0.2) is 47.5 Å². The Labute approximate surface area is 201 Å². The van der Waals surface area contributed by atoms with Crippen molar-refractivity contribution < 1.29 is 9.90 Å². The summed E-state index contributed by atoms with van der Waals surface area (Å²) < 4.78 is 1.10. The molecule has 0 spiro atoms. The number of piperazine rings is 1. The molecular weight excluding hydrogens is 517 g/mol. The highest BCUT2D eigenvalue weighted by molar-refractivity contribution is 14.1. The number of nitrogens with one attached hydrogen (secondary N) is 1. The summed E-state index contributed by atoms with van der Waals surface area (Å²) >= 11 is 2.25. The van der Waals surface area contributed by atoms with Gasteiger partial charge < -0.3 is 19.9 Å². The Morgan fingerprint density at radius 1 is 1.16 bits per heavy atom. The minimum absolute atomic E-state index is 0.0836. The smallest absolute Gasteiger partial charge is 0.240 e. The van der Waals surface area contributed by atoms with Gasteiger partial charge in [0.05, 0.1) is 29.0 Å². The third-order valence-corrected chi connectivity index (χ3v) is 6.64. The van der Waals surface area contributed by atoms with Crippen molar-refractivity contribution >= 4 is 56.5 Å². The van der Waals surface area contributed by atoms with Gasteiger partial charge in [0.1, 0.15) is 0 Å². The van der Waals surface area contributed by atoms with Gasteiger partial charge in [-0.05, 0) is 73.0 Å². The highest BCUT2D eigenvalue weighted by Crippen LogP contribution is 2.30. The number of nitrogens with zero attached hydrogens (tertiary/aromatic N) is 4. The van der Waals surface area contributed by atoms with Crippen LogP contribution in [0.2, 0.25) is 0 Å². The van der Waals surface area contributed by atoms with E-state index in [1.54, 1.807) is 4.90 Å². The molecule has 0 atom stereocenters. The minimum atomic E-state index is 0.0836. The van der Waals surface area contributed by atoms with Crippen LogP contribution in [0.5, 0.6) is 5.88 Å². The Kier molecular flexibility index (Phi) is 6.82. The van der Waals surface area contributed by atoms with Gasteiger partial charge >= 0.3 is 0 Å². The van der Waals surface area contributed by atoms with Crippen LogP contribution in [0, 0.1) is 3.57 Å². The van der Waals surface area contributed by atoms with Crippen molar-refractivity contribution in [2.45, 2.75) is 6.92 Å². The normalized spacial score (nSPS) is 15.9. The summed E-state index contributed by atoms with van der Waals surface area (Å²) in [5.41, 5.74) is 3.92. The Hall–Kier alpha value is -2.43. The summed E-state index contributed by atoms with van der Waals surface area (Å²) in [7, 11) is 3.92. The molecule has 2 heterocycles. The molecule has 0 radical (unpaired) electrons. The number of hydrogen-bond acceptors (Lipinski definition) is 5. The molecule has 1 aromatic heterocycles. The second-order valence-corrected chi connectivity index (χ2v) is 9.53. The maximum absolute atomic E-state index is 12.7. The Bertz CT molecular complexity index is 1150. The second kappa shape index (κ2) is 9.60. The van der Waals surface area contributed by atoms with Gasteiger partial charge in [-0.1, -0.05) is 6.07 Å². The minimum Gasteiger partial charge on any atom is -0.494 e. The van der Waals surface area contributed by atoms with Gasteiger partial charge in [0.2, 0.25) is 5.91 Å². The number of aromatic amines is 1. The number of fused-ring (bicyclic) bond motifs is 1. The molecule has 168 valence electrons. The van der Waals surface area contributed by atoms with Gasteiger partial charge in [-0.15, -0.1) is 0 Å². The predicted molar refractivity (Wildman–Crippen MR) is 138 cm³/mol. The van der Waals surface area contributed by atoms with E-state index in [0.717, 1.165) is 57.7 Å². The van der Waals surface area contributed by atoms with E-state index in [-0.39, 0.29) is 11.8 Å². The SMILES string of the molecule is CC(=Nc1ccc(N(C)C(=O)CN2CCN(C)CC2)cc1)c1c(O)[nH]c2cc(I)ccc12. The number of H-pyrrole nitrogens is 1. The number of aliphatic imine (C=N–C) groups is 1. The number of carbonyl (C=O) groups excluding carboxylic acids is 1. The van der Waals surface area contributed by atoms with E-state index >= 15 is 0 Å². The number of aromatic hydroxyl groups is 1. The summed E-state index contributed by atoms with van der Waals surface area (Å²) in [6.45, 7) is 6.15. The number of likely N-dealkylation sites (N-methyl/N-ethyl adjacent to an activating group) is 2. The molecule has 32 heavy (non-hydrogen) atoms. The zero-order valence-corrected chi connectivity index (χ0v) is 20.8. The molecule has 1 aliphatic rings. The number of hydrogen-bond donors (Lipinski definition) is 2. The molecule has 2 aromatic carbocycles. The van der Waals surface area contributed by atoms with Gasteiger partial charge in [0, 0.05) is 47.9 Å². The van der Waals surface area contributed by atoms with E-state index in [1.807, 2.05) is 56.4 Å². The number of carbonyl (C=O) groups is 1. The van der Waals surface area contributed by atoms with E-state index in [4.69, 9.17) is 4.99 Å². The van der Waals surface area contributed by atoms with Gasteiger partial charge in [0.15, 0.2) is 5.88 Å². The zero-order valence-electron chi connectivity index (χ0n) is 18.6. The van der Waals surface area contributed by atoms with Crippen LogP contribution in [0.3, 0.4) is 0 Å². The molecule has 0 unspecified atom stereocenters. The number of rotatable bonds is 5. The average Bonchev–Trinajstić information content (AvgIpc) is 3.10. The topological polar surface area (TPSA) is 75.2 Å². The van der Waals surface area contributed by atoms with Crippen molar-refractivity contribution in [3.63, 3.8) is 0 Å². The Morgan fingerprint density at radius 3 is 2.53 bits per heavy atom. The molecule has 0 saturated carbocycles. The van der Waals surface area contributed by atoms with Crippen molar-refractivity contribution in [3.05, 3.63) is 51.6 Å². The Morgan fingerprint density at radius 2 is 1.84 bits per heavy atom. The average molecular weight is 545 g/mol. The van der Waals surface area contributed by atoms with E-state index in [1.165, 1.54) is 0 Å². The number of amides is 1. The fraction of sp³-hybridized carbons (Fsp3) is 0.333. The lowest BCUT2D eigenvalue weighted by molar-refractivity contribution is -0.119. The van der Waals surface area contributed by atoms with Crippen molar-refractivity contribution in [1.82, 2.24) is 14.8 Å². The van der Waals surface area contributed by atoms with E-state index < -0.39 is 0 Å². The summed E-state index contributed by atoms with van der Waals surface area (Å²) in [4.78, 5) is 26.6. The van der Waals surface area contributed by atoms with Crippen molar-refractivity contribution in [3.8, 4) is 5.88 Å². The first kappa shape index (κ1) is 22.8. The number of anilines is 1. The fourth-order valence-corrected chi connectivity index (χ4v) is 4.46. The molecule has 1 amide bonds. The van der Waals surface area contributed by atoms with Crippen molar-refractivity contribution in [1.29, 1.82) is 0 Å². The van der Waals surface area contributed by atoms with Crippen molar-refractivity contribution in [2.75, 3.05) is 51.7 Å². The molecule has 1 saturated heterocycles. The van der Waals surface area contributed by atoms with Crippen LogP contribution in [-0.2, 0) is 4.79 Å². The molecule has 4 rings (SSSR count). The highest BCUT2D eigenvalue weighted by Gasteiger charge is 2.19. The van der Waals surface area contributed by atoms with Crippen LogP contribution >= 0.6 is 22.6 Å². The summed E-state index contributed by atoms with van der Waals surface area (Å²) in [6, 6.07) is 13.6. The maximum Gasteiger partial charge on any atom is 0.240 e. The molecule has 0 bridgehead atoms. The lowest BCUT2D eigenvalue weighted by atomic mass is 10.1. The van der Waals surface area contributed by atoms with E-state index in [0.29, 0.717) is 12.1 Å². The van der Waals surface area contributed by atoms with Gasteiger partial charge in [-0.2, -0.15) is 0 Å². The standard InChI is InChI=1S/C24H28IN5O2/c1-16(23-20-9-4-17(25)14-21(20)27-24(23)32)26-18-5-7-19(8-6-18)29(3)22(31)15-30-12-10-28(2)11-13-30/h4-9,14,27,32H,10-13,15H2,1-3H3. The molecule has 1 fully saturated rings. The molecular formula is C24H28IN5O2. The molecule has 1 aliphatic heterocycles. The largest absolute Gasteiger partial charge is 0.494 e. The lowest BCUT2D eigenvalue weighted by Gasteiger charge is -2.32. The molecule has 3 aromatic rings. The Balaban J connectivity index is 1.47. The third-order valence-electron chi connectivity index (χ3n) is 5.97. The van der Waals surface area contributed by atoms with Crippen LogP contribution in [0.4, 0.5) is 11.4 Å². The molecule has 0 aliphatic carbocycles. The first-order valence-corrected chi connectivity index (χ1v) is 11.7. The lowest BCUT2D eigenvalue weighted by Crippen LogP contribution is -2.48. The number of benzene rings is 2. The fourth-order valence-electron chi connectivity index (χ4n) is 3.97. The van der Waals surface area contributed by atoms with Crippen molar-refractivity contribution in [2.24, 2.45) is 4.99 Å². The molecule has 7 nitrogen and oxygen atoms in total. The summed E-state index contributed by atoms with van der Waals surface area (Å²) in [6.07, 6.45) is 0. The first-order valence-electron chi connectivity index (χ1n) is 10.6. The first-order chi connectivity index (χ1) is 15.3. The summed E-state index contributed by atoms with van der Waals surface area (Å²) in [5, 5.41) is 11.4. The monoisotopic (exact) mass is 545 g/mol. The highest BCUT2D eigenvalue weighted by atomic mass is 127. The maximum atomic E-state index is 12.7. The van der Waals surface area contributed by atoms with Gasteiger partial charge in [0.25, 0.3) is 0 Å². The van der Waals surface area contributed by atoms with Gasteiger partial charge in [-0.25, -0.2) is 0 Å². The van der Waals surface area contributed by atoms with E-state index in [9.17, 15) is 9.90 Å². The quantitative estimate of drug-likeness (QED) is 0.378. The van der Waals surface area contributed by atoms with Gasteiger partial charge in [-0.3, -0.25) is 14.7 Å². The van der Waals surface area contributed by atoms with Crippen LogP contribution in [0.25, 0.3) is 10.9 Å². The number of aromatic nitrogens is 1. The second-order valence-electron chi connectivity index (χ2n) is 8.28. The molecule has 2 N–H and O–H groups in total. The van der Waals surface area contributed by atoms with Crippen LogP contribution < -0.4 is 4.90 Å². The van der Waals surface area contributed by atoms with Crippen LogP contribution in [0.1, 0.15) is 12.5 Å². The third kappa shape index (κ3) is 4.97. The molecule has 8 heteroatoms. The summed E-state index contributed by atoms with van der Waals surface area (Å²) in [5.74, 6) is 0.203. The number of halogens is 1.